The minimum Gasteiger partial charge on any atom is -0.354 e. The molecule has 4 nitrogen and oxygen atoms in total. The summed E-state index contributed by atoms with van der Waals surface area (Å²) in [6, 6.07) is 0.731. The maximum absolute atomic E-state index is 11.5. The SMILES string of the molecule is CCCCCCCC(CCCCCCCCC(CCCCCCC)NC(C)=O)NC(C)=O. The molecule has 0 saturated heterocycles. The molecule has 2 unspecified atom stereocenters. The van der Waals surface area contributed by atoms with Crippen molar-refractivity contribution in [3.05, 3.63) is 0 Å². The predicted octanol–water partition coefficient (Wildman–Crippen LogP) is 7.84. The number of hydrogen-bond donors (Lipinski definition) is 2. The smallest absolute Gasteiger partial charge is 0.217 e. The van der Waals surface area contributed by atoms with Crippen molar-refractivity contribution in [2.75, 3.05) is 0 Å². The zero-order chi connectivity index (χ0) is 23.9. The number of carbonyl (C=O) groups excluding carboxylic acids is 2. The second-order valence-electron chi connectivity index (χ2n) is 9.90. The third-order valence-corrected chi connectivity index (χ3v) is 6.48. The lowest BCUT2D eigenvalue weighted by atomic mass is 9.98. The van der Waals surface area contributed by atoms with Crippen molar-refractivity contribution in [1.29, 1.82) is 0 Å². The Bertz CT molecular complexity index is 399. The average Bonchev–Trinajstić information content (AvgIpc) is 2.74. The van der Waals surface area contributed by atoms with Gasteiger partial charge in [0.2, 0.25) is 11.8 Å². The van der Waals surface area contributed by atoms with E-state index in [2.05, 4.69) is 24.5 Å². The van der Waals surface area contributed by atoms with Crippen molar-refractivity contribution in [2.24, 2.45) is 0 Å². The average molecular weight is 453 g/mol. The standard InChI is InChI=1S/C28H56N2O2/c1-5-7-9-13-17-21-27(29-25(3)31)23-19-15-11-12-16-20-24-28(30-26(4)32)22-18-14-10-8-6-2/h27-28H,5-24H2,1-4H3,(H,29,31)(H,30,32). The van der Waals surface area contributed by atoms with Gasteiger partial charge in [0.15, 0.2) is 0 Å². The third kappa shape index (κ3) is 22.1. The monoisotopic (exact) mass is 452 g/mol. The van der Waals surface area contributed by atoms with Gasteiger partial charge in [0.25, 0.3) is 0 Å². The van der Waals surface area contributed by atoms with Crippen LogP contribution in [0.2, 0.25) is 0 Å². The van der Waals surface area contributed by atoms with Gasteiger partial charge in [-0.15, -0.1) is 0 Å². The number of carbonyl (C=O) groups is 2. The first-order chi connectivity index (χ1) is 15.5. The first-order valence-electron chi connectivity index (χ1n) is 14.0. The van der Waals surface area contributed by atoms with E-state index in [0.717, 1.165) is 25.7 Å². The lowest BCUT2D eigenvalue weighted by molar-refractivity contribution is -0.120. The zero-order valence-electron chi connectivity index (χ0n) is 22.1. The molecule has 2 N–H and O–H groups in total. The van der Waals surface area contributed by atoms with E-state index in [1.54, 1.807) is 13.8 Å². The topological polar surface area (TPSA) is 58.2 Å². The molecule has 0 bridgehead atoms. The molecule has 190 valence electrons. The fraction of sp³-hybridized carbons (Fsp3) is 0.929. The zero-order valence-corrected chi connectivity index (χ0v) is 22.1. The van der Waals surface area contributed by atoms with Gasteiger partial charge in [-0.1, -0.05) is 117 Å². The van der Waals surface area contributed by atoms with Crippen LogP contribution in [0.3, 0.4) is 0 Å². The van der Waals surface area contributed by atoms with Crippen molar-refractivity contribution in [3.8, 4) is 0 Å². The molecule has 2 atom stereocenters. The van der Waals surface area contributed by atoms with Crippen molar-refractivity contribution in [2.45, 2.75) is 168 Å². The molecule has 0 heterocycles. The summed E-state index contributed by atoms with van der Waals surface area (Å²) in [6.07, 6.45) is 24.9. The fourth-order valence-electron chi connectivity index (χ4n) is 4.63. The molecule has 0 rings (SSSR count). The van der Waals surface area contributed by atoms with Crippen LogP contribution < -0.4 is 10.6 Å². The second kappa shape index (κ2) is 23.1. The summed E-state index contributed by atoms with van der Waals surface area (Å²) in [7, 11) is 0. The van der Waals surface area contributed by atoms with Crippen LogP contribution in [0.4, 0.5) is 0 Å². The lowest BCUT2D eigenvalue weighted by Crippen LogP contribution is -2.33. The van der Waals surface area contributed by atoms with E-state index < -0.39 is 0 Å². The van der Waals surface area contributed by atoms with Crippen LogP contribution in [0.15, 0.2) is 0 Å². The number of rotatable bonds is 23. The van der Waals surface area contributed by atoms with Gasteiger partial charge in [0.1, 0.15) is 0 Å². The highest BCUT2D eigenvalue weighted by Crippen LogP contribution is 2.16. The van der Waals surface area contributed by atoms with E-state index in [1.165, 1.54) is 103 Å². The van der Waals surface area contributed by atoms with Crippen LogP contribution in [0.5, 0.6) is 0 Å². The third-order valence-electron chi connectivity index (χ3n) is 6.48. The van der Waals surface area contributed by atoms with Gasteiger partial charge in [-0.05, 0) is 25.7 Å². The molecule has 32 heavy (non-hydrogen) atoms. The quantitative estimate of drug-likeness (QED) is 0.155. The molecular formula is C28H56N2O2. The largest absolute Gasteiger partial charge is 0.354 e. The van der Waals surface area contributed by atoms with Gasteiger partial charge in [-0.3, -0.25) is 9.59 Å². The Morgan fingerprint density at radius 3 is 0.969 bits per heavy atom. The van der Waals surface area contributed by atoms with Crippen LogP contribution in [-0.4, -0.2) is 23.9 Å². The molecule has 0 saturated carbocycles. The van der Waals surface area contributed by atoms with E-state index in [1.807, 2.05) is 0 Å². The Balaban J connectivity index is 3.86. The maximum atomic E-state index is 11.5. The molecule has 0 aliphatic carbocycles. The molecule has 0 aliphatic heterocycles. The van der Waals surface area contributed by atoms with Crippen LogP contribution in [0.25, 0.3) is 0 Å². The molecule has 0 aliphatic rings. The first kappa shape index (κ1) is 30.9. The Kier molecular flexibility index (Phi) is 22.3. The molecule has 0 aromatic heterocycles. The van der Waals surface area contributed by atoms with Gasteiger partial charge in [-0.25, -0.2) is 0 Å². The second-order valence-corrected chi connectivity index (χ2v) is 9.90. The minimum atomic E-state index is 0.114. The van der Waals surface area contributed by atoms with E-state index in [-0.39, 0.29) is 11.8 Å². The Morgan fingerprint density at radius 2 is 0.719 bits per heavy atom. The highest BCUT2D eigenvalue weighted by Gasteiger charge is 2.11. The molecular weight excluding hydrogens is 396 g/mol. The highest BCUT2D eigenvalue weighted by atomic mass is 16.2. The van der Waals surface area contributed by atoms with E-state index in [4.69, 9.17) is 0 Å². The lowest BCUT2D eigenvalue weighted by Gasteiger charge is -2.18. The summed E-state index contributed by atoms with van der Waals surface area (Å²) < 4.78 is 0. The number of amides is 2. The van der Waals surface area contributed by atoms with Crippen LogP contribution in [0.1, 0.15) is 156 Å². The van der Waals surface area contributed by atoms with Gasteiger partial charge in [0.05, 0.1) is 0 Å². The van der Waals surface area contributed by atoms with Crippen molar-refractivity contribution in [3.63, 3.8) is 0 Å². The Labute approximate surface area is 200 Å². The summed E-state index contributed by atoms with van der Waals surface area (Å²) in [6.45, 7) is 7.78. The Morgan fingerprint density at radius 1 is 0.469 bits per heavy atom. The normalized spacial score (nSPS) is 13.0. The maximum Gasteiger partial charge on any atom is 0.217 e. The fourth-order valence-corrected chi connectivity index (χ4v) is 4.63. The van der Waals surface area contributed by atoms with E-state index in [0.29, 0.717) is 12.1 Å². The van der Waals surface area contributed by atoms with Crippen molar-refractivity contribution in [1.82, 2.24) is 10.6 Å². The van der Waals surface area contributed by atoms with E-state index in [9.17, 15) is 9.59 Å². The predicted molar refractivity (Wildman–Crippen MR) is 139 cm³/mol. The number of nitrogens with one attached hydrogen (secondary N) is 2. The van der Waals surface area contributed by atoms with Gasteiger partial charge in [-0.2, -0.15) is 0 Å². The van der Waals surface area contributed by atoms with Gasteiger partial charge in [0, 0.05) is 25.9 Å². The summed E-state index contributed by atoms with van der Waals surface area (Å²) >= 11 is 0. The van der Waals surface area contributed by atoms with E-state index >= 15 is 0 Å². The molecule has 0 spiro atoms. The highest BCUT2D eigenvalue weighted by molar-refractivity contribution is 5.73. The number of hydrogen-bond acceptors (Lipinski definition) is 2. The van der Waals surface area contributed by atoms with Crippen LogP contribution in [-0.2, 0) is 9.59 Å². The molecule has 0 aromatic carbocycles. The van der Waals surface area contributed by atoms with Crippen molar-refractivity contribution < 1.29 is 9.59 Å². The van der Waals surface area contributed by atoms with Crippen LogP contribution in [0, 0.1) is 0 Å². The Hall–Kier alpha value is -1.06. The molecule has 4 heteroatoms. The van der Waals surface area contributed by atoms with Crippen LogP contribution >= 0.6 is 0 Å². The van der Waals surface area contributed by atoms with Crippen molar-refractivity contribution >= 4 is 11.8 Å². The summed E-state index contributed by atoms with van der Waals surface area (Å²) in [5, 5.41) is 6.33. The summed E-state index contributed by atoms with van der Waals surface area (Å²) in [4.78, 5) is 23.0. The van der Waals surface area contributed by atoms with Gasteiger partial charge >= 0.3 is 0 Å². The summed E-state index contributed by atoms with van der Waals surface area (Å²) in [5.41, 5.74) is 0. The minimum absolute atomic E-state index is 0.114. The summed E-state index contributed by atoms with van der Waals surface area (Å²) in [5.74, 6) is 0.227. The molecule has 0 fully saturated rings. The molecule has 0 aromatic rings. The molecule has 0 radical (unpaired) electrons. The molecule has 2 amide bonds. The first-order valence-corrected chi connectivity index (χ1v) is 14.0. The van der Waals surface area contributed by atoms with Gasteiger partial charge < -0.3 is 10.6 Å². The number of unbranched alkanes of at least 4 members (excludes halogenated alkanes) is 13.